The maximum absolute atomic E-state index is 15.2. The number of benzene rings is 1. The van der Waals surface area contributed by atoms with Crippen molar-refractivity contribution in [2.75, 3.05) is 31.8 Å². The lowest BCUT2D eigenvalue weighted by Crippen LogP contribution is -2.55. The van der Waals surface area contributed by atoms with Crippen molar-refractivity contribution in [2.24, 2.45) is 5.92 Å². The molecule has 198 valence electrons. The third kappa shape index (κ3) is 5.85. The highest BCUT2D eigenvalue weighted by molar-refractivity contribution is 5.83. The Morgan fingerprint density at radius 1 is 1.25 bits per heavy atom. The topological polar surface area (TPSA) is 71.8 Å². The summed E-state index contributed by atoms with van der Waals surface area (Å²) in [5.41, 5.74) is 1.01. The molecule has 2 aliphatic heterocycles. The van der Waals surface area contributed by atoms with Crippen molar-refractivity contribution in [1.82, 2.24) is 15.1 Å². The highest BCUT2D eigenvalue weighted by Gasteiger charge is 2.49. The zero-order valence-electron chi connectivity index (χ0n) is 22.6. The predicted molar refractivity (Wildman–Crippen MR) is 139 cm³/mol. The molecule has 1 amide bonds. The molecule has 3 fully saturated rings. The van der Waals surface area contributed by atoms with E-state index in [1.54, 1.807) is 12.1 Å². The molecule has 0 aromatic heterocycles. The fourth-order valence-corrected chi connectivity index (χ4v) is 6.04. The van der Waals surface area contributed by atoms with Crippen LogP contribution in [0.1, 0.15) is 59.4 Å². The molecule has 0 spiro atoms. The number of nitrogens with zero attached hydrogens (tertiary/aromatic N) is 4. The molecule has 6 atom stereocenters. The maximum Gasteiger partial charge on any atom is 0.238 e. The van der Waals surface area contributed by atoms with Crippen molar-refractivity contribution in [3.63, 3.8) is 0 Å². The average Bonchev–Trinajstić information content (AvgIpc) is 3.42. The van der Waals surface area contributed by atoms with E-state index >= 15 is 4.39 Å². The van der Waals surface area contributed by atoms with Crippen LogP contribution in [0.5, 0.6) is 0 Å². The average molecular weight is 500 g/mol. The lowest BCUT2D eigenvalue weighted by atomic mass is 9.97. The van der Waals surface area contributed by atoms with Crippen molar-refractivity contribution in [2.45, 2.75) is 96.1 Å². The van der Waals surface area contributed by atoms with E-state index in [2.05, 4.69) is 47.0 Å². The first kappa shape index (κ1) is 26.8. The zero-order chi connectivity index (χ0) is 26.2. The van der Waals surface area contributed by atoms with Gasteiger partial charge in [-0.2, -0.15) is 5.26 Å². The number of piperazine rings is 1. The summed E-state index contributed by atoms with van der Waals surface area (Å²) in [5, 5.41) is 12.7. The smallest absolute Gasteiger partial charge is 0.238 e. The summed E-state index contributed by atoms with van der Waals surface area (Å²) in [6, 6.07) is 7.39. The minimum absolute atomic E-state index is 0.141. The van der Waals surface area contributed by atoms with Gasteiger partial charge >= 0.3 is 0 Å². The molecule has 36 heavy (non-hydrogen) atoms. The molecule has 8 heteroatoms. The van der Waals surface area contributed by atoms with Gasteiger partial charge in [-0.1, -0.05) is 6.07 Å². The lowest BCUT2D eigenvalue weighted by molar-refractivity contribution is -0.136. The SMILES string of the molecule is CC1CN(c2ccc(C[C@@H](C#N)NC(=O)[C@@H]3[C@H]4CC[C@H](C4)N3COC(C)(C)C)c(F)c2)C(C)CN1C. The number of carbonyl (C=O) groups is 1. The molecule has 4 rings (SSSR count). The van der Waals surface area contributed by atoms with Gasteiger partial charge < -0.3 is 15.0 Å². The Hall–Kier alpha value is -2.21. The Kier molecular flexibility index (Phi) is 7.94. The van der Waals surface area contributed by atoms with Crippen LogP contribution in [0.25, 0.3) is 0 Å². The summed E-state index contributed by atoms with van der Waals surface area (Å²) in [7, 11) is 2.12. The van der Waals surface area contributed by atoms with E-state index in [4.69, 9.17) is 4.74 Å². The number of carbonyl (C=O) groups excluding carboxylic acids is 1. The third-order valence-corrected chi connectivity index (χ3v) is 8.20. The fraction of sp³-hybridized carbons (Fsp3) is 0.714. The molecular formula is C28H42FN5O2. The summed E-state index contributed by atoms with van der Waals surface area (Å²) in [4.78, 5) is 20.0. The number of nitriles is 1. The molecule has 1 aliphatic carbocycles. The molecule has 1 aromatic rings. The number of fused-ring (bicyclic) bond motifs is 2. The first-order valence-electron chi connectivity index (χ1n) is 13.3. The monoisotopic (exact) mass is 499 g/mol. The minimum atomic E-state index is -0.787. The summed E-state index contributed by atoms with van der Waals surface area (Å²) >= 11 is 0. The second-order valence-electron chi connectivity index (χ2n) is 12.0. The number of hydrogen-bond acceptors (Lipinski definition) is 6. The van der Waals surface area contributed by atoms with E-state index in [1.807, 2.05) is 26.8 Å². The molecule has 2 heterocycles. The summed E-state index contributed by atoms with van der Waals surface area (Å²) in [5.74, 6) is -0.202. The minimum Gasteiger partial charge on any atom is -0.366 e. The van der Waals surface area contributed by atoms with Gasteiger partial charge in [0.25, 0.3) is 0 Å². The van der Waals surface area contributed by atoms with E-state index in [0.29, 0.717) is 24.4 Å². The Morgan fingerprint density at radius 2 is 2.00 bits per heavy atom. The second-order valence-corrected chi connectivity index (χ2v) is 12.0. The largest absolute Gasteiger partial charge is 0.366 e. The number of likely N-dealkylation sites (N-methyl/N-ethyl adjacent to an activating group) is 1. The van der Waals surface area contributed by atoms with E-state index in [0.717, 1.165) is 38.0 Å². The number of rotatable bonds is 7. The zero-order valence-corrected chi connectivity index (χ0v) is 22.6. The van der Waals surface area contributed by atoms with Gasteiger partial charge in [0.2, 0.25) is 5.91 Å². The van der Waals surface area contributed by atoms with Crippen LogP contribution in [-0.4, -0.2) is 78.4 Å². The first-order chi connectivity index (χ1) is 17.0. The third-order valence-electron chi connectivity index (χ3n) is 8.20. The second kappa shape index (κ2) is 10.6. The Bertz CT molecular complexity index is 989. The molecule has 1 aromatic carbocycles. The van der Waals surface area contributed by atoms with Crippen LogP contribution in [0.3, 0.4) is 0 Å². The van der Waals surface area contributed by atoms with Crippen molar-refractivity contribution < 1.29 is 13.9 Å². The van der Waals surface area contributed by atoms with Crippen molar-refractivity contribution in [3.8, 4) is 6.07 Å². The number of anilines is 1. The van der Waals surface area contributed by atoms with Crippen molar-refractivity contribution in [1.29, 1.82) is 5.26 Å². The lowest BCUT2D eigenvalue weighted by Gasteiger charge is -2.43. The van der Waals surface area contributed by atoms with Crippen LogP contribution in [0.2, 0.25) is 0 Å². The van der Waals surface area contributed by atoms with E-state index in [-0.39, 0.29) is 41.7 Å². The highest BCUT2D eigenvalue weighted by Crippen LogP contribution is 2.42. The molecule has 7 nitrogen and oxygen atoms in total. The van der Waals surface area contributed by atoms with Gasteiger partial charge in [0.05, 0.1) is 17.7 Å². The molecule has 1 N–H and O–H groups in total. The number of halogens is 1. The summed E-state index contributed by atoms with van der Waals surface area (Å²) in [6.07, 6.45) is 3.22. The molecular weight excluding hydrogens is 457 g/mol. The van der Waals surface area contributed by atoms with Gasteiger partial charge in [-0.25, -0.2) is 4.39 Å². The summed E-state index contributed by atoms with van der Waals surface area (Å²) in [6.45, 7) is 12.5. The highest BCUT2D eigenvalue weighted by atomic mass is 19.1. The molecule has 2 bridgehead atoms. The van der Waals surface area contributed by atoms with Crippen molar-refractivity contribution in [3.05, 3.63) is 29.6 Å². The number of ether oxygens (including phenoxy) is 1. The van der Waals surface area contributed by atoms with Gasteiger partial charge in [0.15, 0.2) is 0 Å². The predicted octanol–water partition coefficient (Wildman–Crippen LogP) is 3.53. The molecule has 3 aliphatic rings. The standard InChI is InChI=1S/C28H42FN5O2/c1-18-16-33(19(2)15-32(18)6)24-9-7-20(25(29)13-24)11-22(14-30)31-27(35)26-21-8-10-23(12-21)34(26)17-36-28(3,4)5/h7,9,13,18-19,21-23,26H,8,10-12,15-17H2,1-6H3,(H,31,35)/t18?,19?,21-,22-,23+,26-/m0/s1. The van der Waals surface area contributed by atoms with Crippen LogP contribution >= 0.6 is 0 Å². The Labute approximate surface area is 215 Å². The fourth-order valence-electron chi connectivity index (χ4n) is 6.04. The Balaban J connectivity index is 1.40. The van der Waals surface area contributed by atoms with E-state index in [1.165, 1.54) is 0 Å². The molecule has 1 saturated carbocycles. The van der Waals surface area contributed by atoms with E-state index < -0.39 is 6.04 Å². The van der Waals surface area contributed by atoms with Crippen LogP contribution in [-0.2, 0) is 16.0 Å². The number of amides is 1. The summed E-state index contributed by atoms with van der Waals surface area (Å²) < 4.78 is 21.1. The quantitative estimate of drug-likeness (QED) is 0.619. The van der Waals surface area contributed by atoms with Gasteiger partial charge in [-0.3, -0.25) is 14.6 Å². The van der Waals surface area contributed by atoms with Crippen LogP contribution < -0.4 is 10.2 Å². The van der Waals surface area contributed by atoms with Crippen LogP contribution in [0.15, 0.2) is 18.2 Å². The molecule has 2 unspecified atom stereocenters. The van der Waals surface area contributed by atoms with Crippen molar-refractivity contribution >= 4 is 11.6 Å². The van der Waals surface area contributed by atoms with Gasteiger partial charge in [0.1, 0.15) is 18.6 Å². The number of hydrogen-bond donors (Lipinski definition) is 1. The molecule has 0 radical (unpaired) electrons. The normalized spacial score (nSPS) is 29.8. The van der Waals surface area contributed by atoms with Gasteiger partial charge in [0, 0.05) is 43.3 Å². The van der Waals surface area contributed by atoms with Gasteiger partial charge in [-0.15, -0.1) is 0 Å². The van der Waals surface area contributed by atoms with E-state index in [9.17, 15) is 10.1 Å². The number of likely N-dealkylation sites (tertiary alicyclic amines) is 1. The van der Waals surface area contributed by atoms with Crippen LogP contribution in [0, 0.1) is 23.1 Å². The Morgan fingerprint density at radius 3 is 2.67 bits per heavy atom. The number of nitrogens with one attached hydrogen (secondary N) is 1. The number of piperidine rings is 1. The van der Waals surface area contributed by atoms with Crippen LogP contribution in [0.4, 0.5) is 10.1 Å². The maximum atomic E-state index is 15.2. The first-order valence-corrected chi connectivity index (χ1v) is 13.3. The van der Waals surface area contributed by atoms with Gasteiger partial charge in [-0.05, 0) is 84.5 Å². The molecule has 2 saturated heterocycles.